The molecule has 0 atom stereocenters. The van der Waals surface area contributed by atoms with Crippen LogP contribution in [0.2, 0.25) is 5.02 Å². The second kappa shape index (κ2) is 5.27. The van der Waals surface area contributed by atoms with Gasteiger partial charge in [0.1, 0.15) is 0 Å². The summed E-state index contributed by atoms with van der Waals surface area (Å²) >= 11 is 7.29. The van der Waals surface area contributed by atoms with Gasteiger partial charge in [0.05, 0.1) is 5.02 Å². The Bertz CT molecular complexity index is 459. The first-order chi connectivity index (χ1) is 7.75. The highest BCUT2D eigenvalue weighted by molar-refractivity contribution is 7.09. The molecule has 0 saturated heterocycles. The van der Waals surface area contributed by atoms with E-state index >= 15 is 0 Å². The molecule has 0 aliphatic rings. The lowest BCUT2D eigenvalue weighted by Crippen LogP contribution is -2.07. The first-order valence-electron chi connectivity index (χ1n) is 4.83. The van der Waals surface area contributed by atoms with Gasteiger partial charge in [0, 0.05) is 17.6 Å². The van der Waals surface area contributed by atoms with Gasteiger partial charge < -0.3 is 5.32 Å². The molecule has 0 bridgehead atoms. The molecule has 0 unspecified atom stereocenters. The maximum absolute atomic E-state index is 13.3. The molecule has 0 spiro atoms. The summed E-state index contributed by atoms with van der Waals surface area (Å²) in [6.45, 7) is 0.659. The van der Waals surface area contributed by atoms with Crippen LogP contribution < -0.4 is 5.32 Å². The quantitative estimate of drug-likeness (QED) is 0.904. The minimum Gasteiger partial charge on any atom is -0.367 e. The van der Waals surface area contributed by atoms with E-state index in [0.29, 0.717) is 11.6 Å². The zero-order chi connectivity index (χ0) is 11.4. The third-order valence-electron chi connectivity index (χ3n) is 2.05. The average molecular weight is 257 g/mol. The minimum absolute atomic E-state index is 0.251. The van der Waals surface area contributed by atoms with Gasteiger partial charge in [-0.05, 0) is 23.9 Å². The summed E-state index contributed by atoms with van der Waals surface area (Å²) < 4.78 is 13.3. The van der Waals surface area contributed by atoms with E-state index in [1.165, 1.54) is 17.1 Å². The van der Waals surface area contributed by atoms with E-state index < -0.39 is 5.82 Å². The average Bonchev–Trinajstić information content (AvgIpc) is 2.74. The van der Waals surface area contributed by atoms with Crippen molar-refractivity contribution in [2.24, 2.45) is 0 Å². The predicted octanol–water partition coefficient (Wildman–Crippen LogP) is 3.59. The highest BCUT2D eigenvalue weighted by Gasteiger charge is 2.03. The fourth-order valence-electron chi connectivity index (χ4n) is 1.30. The number of thiophene rings is 1. The van der Waals surface area contributed by atoms with Crippen molar-refractivity contribution in [2.75, 3.05) is 11.9 Å². The van der Waals surface area contributed by atoms with Crippen molar-refractivity contribution < 1.29 is 4.39 Å². The third-order valence-corrected chi connectivity index (χ3v) is 3.19. The van der Waals surface area contributed by atoms with Crippen LogP contribution in [0, 0.1) is 5.82 Å². The number of aromatic nitrogens is 1. The van der Waals surface area contributed by atoms with E-state index in [4.69, 9.17) is 11.6 Å². The van der Waals surface area contributed by atoms with Gasteiger partial charge in [0.15, 0.2) is 11.6 Å². The van der Waals surface area contributed by atoms with E-state index in [9.17, 15) is 4.39 Å². The van der Waals surface area contributed by atoms with E-state index in [1.54, 1.807) is 11.3 Å². The zero-order valence-corrected chi connectivity index (χ0v) is 9.98. The Hall–Kier alpha value is -1.13. The summed E-state index contributed by atoms with van der Waals surface area (Å²) in [5.41, 5.74) is 0. The van der Waals surface area contributed by atoms with Crippen molar-refractivity contribution in [3.05, 3.63) is 45.5 Å². The molecule has 84 valence electrons. The standard InChI is InChI=1S/C11H10ClFN2S/c12-8-6-10(13)11(15-7-8)14-4-3-9-2-1-5-16-9/h1-2,5-7H,3-4H2,(H,14,15). The van der Waals surface area contributed by atoms with E-state index in [-0.39, 0.29) is 5.82 Å². The second-order valence-electron chi connectivity index (χ2n) is 3.24. The molecule has 5 heteroatoms. The summed E-state index contributed by atoms with van der Waals surface area (Å²) in [5.74, 6) is -0.167. The van der Waals surface area contributed by atoms with Gasteiger partial charge in [-0.1, -0.05) is 17.7 Å². The molecule has 2 heterocycles. The number of anilines is 1. The van der Waals surface area contributed by atoms with Crippen LogP contribution in [0.5, 0.6) is 0 Å². The molecule has 2 aromatic rings. The molecular formula is C11H10ClFN2S. The van der Waals surface area contributed by atoms with Crippen molar-refractivity contribution >= 4 is 28.8 Å². The van der Waals surface area contributed by atoms with Gasteiger partial charge in [0.25, 0.3) is 0 Å². The molecule has 2 aromatic heterocycles. The first kappa shape index (κ1) is 11.4. The number of pyridine rings is 1. The Kier molecular flexibility index (Phi) is 3.74. The van der Waals surface area contributed by atoms with Crippen LogP contribution in [0.3, 0.4) is 0 Å². The number of hydrogen-bond acceptors (Lipinski definition) is 3. The third kappa shape index (κ3) is 2.93. The molecule has 2 nitrogen and oxygen atoms in total. The molecule has 0 radical (unpaired) electrons. The predicted molar refractivity (Wildman–Crippen MR) is 65.7 cm³/mol. The molecule has 16 heavy (non-hydrogen) atoms. The Morgan fingerprint density at radius 2 is 2.38 bits per heavy atom. The molecule has 2 rings (SSSR count). The topological polar surface area (TPSA) is 24.9 Å². The van der Waals surface area contributed by atoms with Gasteiger partial charge in [0.2, 0.25) is 0 Å². The van der Waals surface area contributed by atoms with Gasteiger partial charge >= 0.3 is 0 Å². The SMILES string of the molecule is Fc1cc(Cl)cnc1NCCc1cccs1. The van der Waals surface area contributed by atoms with E-state index in [1.807, 2.05) is 11.4 Å². The first-order valence-corrected chi connectivity index (χ1v) is 6.09. The van der Waals surface area contributed by atoms with Gasteiger partial charge in [-0.25, -0.2) is 9.37 Å². The minimum atomic E-state index is -0.418. The molecule has 0 saturated carbocycles. The number of nitrogens with zero attached hydrogens (tertiary/aromatic N) is 1. The number of halogens is 2. The maximum Gasteiger partial charge on any atom is 0.166 e. The summed E-state index contributed by atoms with van der Waals surface area (Å²) in [6.07, 6.45) is 2.29. The normalized spacial score (nSPS) is 10.4. The fraction of sp³-hybridized carbons (Fsp3) is 0.182. The van der Waals surface area contributed by atoms with E-state index in [2.05, 4.69) is 16.4 Å². The van der Waals surface area contributed by atoms with Crippen LogP contribution >= 0.6 is 22.9 Å². The molecule has 0 aromatic carbocycles. The summed E-state index contributed by atoms with van der Waals surface area (Å²) in [7, 11) is 0. The van der Waals surface area contributed by atoms with Gasteiger partial charge in [-0.15, -0.1) is 11.3 Å². The van der Waals surface area contributed by atoms with Crippen molar-refractivity contribution in [3.63, 3.8) is 0 Å². The van der Waals surface area contributed by atoms with Crippen molar-refractivity contribution in [3.8, 4) is 0 Å². The Labute approximate surface area is 102 Å². The van der Waals surface area contributed by atoms with Crippen molar-refractivity contribution in [1.82, 2.24) is 4.98 Å². The highest BCUT2D eigenvalue weighted by Crippen LogP contribution is 2.16. The second-order valence-corrected chi connectivity index (χ2v) is 4.71. The molecule has 0 aliphatic carbocycles. The Morgan fingerprint density at radius 3 is 3.06 bits per heavy atom. The molecule has 0 fully saturated rings. The van der Waals surface area contributed by atoms with Crippen LogP contribution in [0.4, 0.5) is 10.2 Å². The summed E-state index contributed by atoms with van der Waals surface area (Å²) in [4.78, 5) is 5.15. The smallest absolute Gasteiger partial charge is 0.166 e. The van der Waals surface area contributed by atoms with Crippen LogP contribution in [0.25, 0.3) is 0 Å². The lowest BCUT2D eigenvalue weighted by Gasteiger charge is -2.05. The Morgan fingerprint density at radius 1 is 1.50 bits per heavy atom. The van der Waals surface area contributed by atoms with E-state index in [0.717, 1.165) is 6.42 Å². The maximum atomic E-state index is 13.3. The number of nitrogens with one attached hydrogen (secondary N) is 1. The fourth-order valence-corrected chi connectivity index (χ4v) is 2.16. The van der Waals surface area contributed by atoms with Crippen LogP contribution in [0.15, 0.2) is 29.8 Å². The van der Waals surface area contributed by atoms with Crippen LogP contribution in [-0.4, -0.2) is 11.5 Å². The lowest BCUT2D eigenvalue weighted by atomic mass is 10.3. The summed E-state index contributed by atoms with van der Waals surface area (Å²) in [5, 5.41) is 5.27. The highest BCUT2D eigenvalue weighted by atomic mass is 35.5. The van der Waals surface area contributed by atoms with Gasteiger partial charge in [-0.2, -0.15) is 0 Å². The Balaban J connectivity index is 1.90. The van der Waals surface area contributed by atoms with Crippen LogP contribution in [0.1, 0.15) is 4.88 Å². The monoisotopic (exact) mass is 256 g/mol. The van der Waals surface area contributed by atoms with Crippen LogP contribution in [-0.2, 0) is 6.42 Å². The molecular weight excluding hydrogens is 247 g/mol. The van der Waals surface area contributed by atoms with Crippen molar-refractivity contribution in [1.29, 1.82) is 0 Å². The zero-order valence-electron chi connectivity index (χ0n) is 8.41. The molecule has 1 N–H and O–H groups in total. The largest absolute Gasteiger partial charge is 0.367 e. The summed E-state index contributed by atoms with van der Waals surface area (Å²) in [6, 6.07) is 5.31. The van der Waals surface area contributed by atoms with Gasteiger partial charge in [-0.3, -0.25) is 0 Å². The molecule has 0 aliphatic heterocycles. The number of hydrogen-bond donors (Lipinski definition) is 1. The lowest BCUT2D eigenvalue weighted by molar-refractivity contribution is 0.624. The van der Waals surface area contributed by atoms with Crippen molar-refractivity contribution in [2.45, 2.75) is 6.42 Å². The number of rotatable bonds is 4. The molecule has 0 amide bonds.